The number of hydrogen-bond donors (Lipinski definition) is 3. The third kappa shape index (κ3) is 7.16. The maximum Gasteiger partial charge on any atom is 0.0933 e. The summed E-state index contributed by atoms with van der Waals surface area (Å²) in [5, 5.41) is 22.6. The molecule has 0 aliphatic rings. The van der Waals surface area contributed by atoms with Gasteiger partial charge in [0.25, 0.3) is 0 Å². The van der Waals surface area contributed by atoms with E-state index in [9.17, 15) is 5.11 Å². The van der Waals surface area contributed by atoms with Crippen LogP contribution in [0, 0.1) is 12.3 Å². The Morgan fingerprint density at radius 3 is 2.87 bits per heavy atom. The highest BCUT2D eigenvalue weighted by Crippen LogP contribution is 2.06. The van der Waals surface area contributed by atoms with Crippen molar-refractivity contribution >= 4 is 0 Å². The molecule has 7 heteroatoms. The summed E-state index contributed by atoms with van der Waals surface area (Å²) in [5.74, 6) is 7.06. The van der Waals surface area contributed by atoms with Gasteiger partial charge in [-0.2, -0.15) is 10.6 Å². The topological polar surface area (TPSA) is 108 Å². The quantitative estimate of drug-likeness (QED) is 0.187. The zero-order chi connectivity index (χ0) is 11.5. The molecule has 82 valence electrons. The average Bonchev–Trinajstić information content (AvgIpc) is 2.23. The van der Waals surface area contributed by atoms with Gasteiger partial charge in [0.1, 0.15) is 0 Å². The highest BCUT2D eigenvalue weighted by atomic mass is 16.3. The lowest BCUT2D eigenvalue weighted by Crippen LogP contribution is -2.14. The zero-order valence-electron chi connectivity index (χ0n) is 8.24. The van der Waals surface area contributed by atoms with E-state index in [-0.39, 0.29) is 12.5 Å². The van der Waals surface area contributed by atoms with Crippen LogP contribution in [0.15, 0.2) is 33.4 Å². The van der Waals surface area contributed by atoms with Crippen LogP contribution in [-0.2, 0) is 0 Å². The van der Waals surface area contributed by atoms with Crippen molar-refractivity contribution in [1.29, 1.82) is 0 Å². The minimum absolute atomic E-state index is 0.274. The number of aliphatic hydroxyl groups excluding tert-OH is 1. The van der Waals surface area contributed by atoms with Gasteiger partial charge in [0.15, 0.2) is 0 Å². The molecule has 0 aromatic rings. The van der Waals surface area contributed by atoms with Crippen LogP contribution in [0.1, 0.15) is 12.8 Å². The Balaban J connectivity index is 3.97. The van der Waals surface area contributed by atoms with Crippen molar-refractivity contribution in [2.45, 2.75) is 25.0 Å². The van der Waals surface area contributed by atoms with Crippen molar-refractivity contribution in [3.8, 4) is 12.3 Å². The molecule has 0 radical (unpaired) electrons. The van der Waals surface area contributed by atoms with Crippen molar-refractivity contribution in [1.82, 2.24) is 5.53 Å². The lowest BCUT2D eigenvalue weighted by Gasteiger charge is -2.09. The standard InChI is InChI=1S/C8H14N6O/c1-3-5-8(15)6-7(4-2)10-12-14-13-11-9/h1,4,7-8,15H,2,5-6H2,(H2,9,12,13)(H,10,11,14)/t7-,8-/m1/s1. The molecular weight excluding hydrogens is 196 g/mol. The average molecular weight is 210 g/mol. The molecule has 0 aliphatic heterocycles. The molecule has 0 amide bonds. The Kier molecular flexibility index (Phi) is 7.53. The zero-order valence-corrected chi connectivity index (χ0v) is 8.24. The fourth-order valence-electron chi connectivity index (χ4n) is 0.834. The first-order valence-electron chi connectivity index (χ1n) is 4.23. The predicted octanol–water partition coefficient (Wildman–Crippen LogP) is 0.513. The van der Waals surface area contributed by atoms with Gasteiger partial charge < -0.3 is 10.9 Å². The van der Waals surface area contributed by atoms with Crippen LogP contribution in [0.5, 0.6) is 0 Å². The second kappa shape index (κ2) is 8.65. The normalized spacial score (nSPS) is 14.9. The largest absolute Gasteiger partial charge is 0.392 e. The Morgan fingerprint density at radius 1 is 1.60 bits per heavy atom. The minimum atomic E-state index is -0.618. The number of terminal acetylenes is 1. The SMILES string of the molecule is C#CC[C@@H](O)C[C@@H](C=C)N=NNN=NN. The first kappa shape index (κ1) is 13.1. The summed E-state index contributed by atoms with van der Waals surface area (Å²) in [7, 11) is 0. The molecule has 0 bridgehead atoms. The van der Waals surface area contributed by atoms with Gasteiger partial charge in [0.05, 0.1) is 12.1 Å². The molecule has 0 aliphatic carbocycles. The van der Waals surface area contributed by atoms with Crippen LogP contribution in [-0.4, -0.2) is 17.3 Å². The van der Waals surface area contributed by atoms with Gasteiger partial charge in [-0.15, -0.1) is 18.9 Å². The van der Waals surface area contributed by atoms with E-state index >= 15 is 0 Å². The third-order valence-corrected chi connectivity index (χ3v) is 1.49. The second-order valence-electron chi connectivity index (χ2n) is 2.63. The molecule has 2 atom stereocenters. The summed E-state index contributed by atoms with van der Waals surface area (Å²) in [6.07, 6.45) is 6.60. The first-order valence-corrected chi connectivity index (χ1v) is 4.23. The van der Waals surface area contributed by atoms with E-state index < -0.39 is 6.10 Å². The van der Waals surface area contributed by atoms with E-state index in [0.717, 1.165) is 0 Å². The first-order chi connectivity index (χ1) is 7.24. The number of nitrogens with two attached hydrogens (primary N) is 1. The molecule has 0 aromatic heterocycles. The number of rotatable bonds is 7. The van der Waals surface area contributed by atoms with Crippen LogP contribution < -0.4 is 11.4 Å². The minimum Gasteiger partial charge on any atom is -0.392 e. The summed E-state index contributed by atoms with van der Waals surface area (Å²) in [4.78, 5) is 0. The Bertz CT molecular complexity index is 269. The number of nitrogens with one attached hydrogen (secondary N) is 1. The van der Waals surface area contributed by atoms with Gasteiger partial charge >= 0.3 is 0 Å². The maximum absolute atomic E-state index is 9.38. The van der Waals surface area contributed by atoms with Gasteiger partial charge in [-0.25, -0.2) is 0 Å². The Hall–Kier alpha value is -1.94. The van der Waals surface area contributed by atoms with Crippen molar-refractivity contribution in [3.63, 3.8) is 0 Å². The summed E-state index contributed by atoms with van der Waals surface area (Å²) in [6, 6.07) is -0.325. The van der Waals surface area contributed by atoms with Crippen LogP contribution in [0.3, 0.4) is 0 Å². The van der Waals surface area contributed by atoms with Gasteiger partial charge in [-0.1, -0.05) is 16.5 Å². The number of aliphatic hydroxyl groups is 1. The molecule has 0 aromatic carbocycles. The van der Waals surface area contributed by atoms with Gasteiger partial charge in [0, 0.05) is 12.8 Å². The van der Waals surface area contributed by atoms with Crippen molar-refractivity contribution in [2.75, 3.05) is 0 Å². The lowest BCUT2D eigenvalue weighted by molar-refractivity contribution is 0.165. The molecule has 7 nitrogen and oxygen atoms in total. The molecule has 0 saturated carbocycles. The Labute approximate surface area is 88.1 Å². The van der Waals surface area contributed by atoms with E-state index in [1.54, 1.807) is 6.08 Å². The van der Waals surface area contributed by atoms with Gasteiger partial charge in [-0.05, 0) is 5.22 Å². The molecule has 0 unspecified atom stereocenters. The van der Waals surface area contributed by atoms with Crippen molar-refractivity contribution < 1.29 is 5.11 Å². The fraction of sp³-hybridized carbons (Fsp3) is 0.500. The van der Waals surface area contributed by atoms with Gasteiger partial charge in [-0.3, -0.25) is 0 Å². The highest BCUT2D eigenvalue weighted by molar-refractivity contribution is 4.92. The number of hydrogen-bond acceptors (Lipinski definition) is 5. The molecule has 0 heterocycles. The maximum atomic E-state index is 9.38. The van der Waals surface area contributed by atoms with Crippen molar-refractivity contribution in [2.24, 2.45) is 26.6 Å². The fourth-order valence-corrected chi connectivity index (χ4v) is 0.834. The smallest absolute Gasteiger partial charge is 0.0933 e. The molecule has 15 heavy (non-hydrogen) atoms. The molecular formula is C8H14N6O. The van der Waals surface area contributed by atoms with Crippen LogP contribution in [0.4, 0.5) is 0 Å². The van der Waals surface area contributed by atoms with E-state index in [0.29, 0.717) is 6.42 Å². The van der Waals surface area contributed by atoms with E-state index in [1.807, 2.05) is 0 Å². The third-order valence-electron chi connectivity index (χ3n) is 1.49. The molecule has 0 saturated heterocycles. The molecule has 0 rings (SSSR count). The van der Waals surface area contributed by atoms with E-state index in [2.05, 4.69) is 38.8 Å². The Morgan fingerprint density at radius 2 is 2.33 bits per heavy atom. The molecule has 4 N–H and O–H groups in total. The molecule has 0 spiro atoms. The summed E-state index contributed by atoms with van der Waals surface area (Å²) >= 11 is 0. The summed E-state index contributed by atoms with van der Waals surface area (Å²) < 4.78 is 0. The second-order valence-corrected chi connectivity index (χ2v) is 2.63. The van der Waals surface area contributed by atoms with Crippen LogP contribution >= 0.6 is 0 Å². The predicted molar refractivity (Wildman–Crippen MR) is 55.1 cm³/mol. The van der Waals surface area contributed by atoms with Crippen LogP contribution in [0.25, 0.3) is 0 Å². The monoisotopic (exact) mass is 210 g/mol. The summed E-state index contributed by atoms with van der Waals surface area (Å²) in [6.45, 7) is 3.55. The highest BCUT2D eigenvalue weighted by Gasteiger charge is 2.09. The van der Waals surface area contributed by atoms with Crippen LogP contribution in [0.2, 0.25) is 0 Å². The van der Waals surface area contributed by atoms with E-state index in [4.69, 9.17) is 12.3 Å². The summed E-state index contributed by atoms with van der Waals surface area (Å²) in [5.41, 5.74) is 2.13. The van der Waals surface area contributed by atoms with Crippen molar-refractivity contribution in [3.05, 3.63) is 12.7 Å². The number of nitrogens with zero attached hydrogens (tertiary/aromatic N) is 4. The van der Waals surface area contributed by atoms with Gasteiger partial charge in [0.2, 0.25) is 0 Å². The lowest BCUT2D eigenvalue weighted by atomic mass is 10.1. The van der Waals surface area contributed by atoms with E-state index in [1.165, 1.54) is 0 Å². The molecule has 0 fully saturated rings.